The molecule has 0 aliphatic heterocycles. The lowest BCUT2D eigenvalue weighted by Gasteiger charge is -2.47. The van der Waals surface area contributed by atoms with Crippen LogP contribution in [-0.4, -0.2) is 12.6 Å². The van der Waals surface area contributed by atoms with Crippen LogP contribution in [0.5, 0.6) is 0 Å². The molecule has 2 fully saturated rings. The Hall–Kier alpha value is -0.0400. The first-order valence-electron chi connectivity index (χ1n) is 5.21. The van der Waals surface area contributed by atoms with Crippen LogP contribution in [0.2, 0.25) is 0 Å². The minimum atomic E-state index is 0.399. The molecule has 0 aromatic rings. The molecular formula is C11H21N. The van der Waals surface area contributed by atoms with Crippen LogP contribution in [0.25, 0.3) is 0 Å². The first kappa shape index (κ1) is 8.55. The fourth-order valence-electron chi connectivity index (χ4n) is 3.64. The minimum Gasteiger partial charge on any atom is -0.314 e. The van der Waals surface area contributed by atoms with E-state index < -0.39 is 0 Å². The van der Waals surface area contributed by atoms with Gasteiger partial charge in [0.2, 0.25) is 0 Å². The second-order valence-corrected chi connectivity index (χ2v) is 5.38. The topological polar surface area (TPSA) is 12.0 Å². The molecular weight excluding hydrogens is 151 g/mol. The maximum atomic E-state index is 3.56. The van der Waals surface area contributed by atoms with Gasteiger partial charge in [-0.2, -0.15) is 0 Å². The van der Waals surface area contributed by atoms with Crippen LogP contribution >= 0.6 is 0 Å². The van der Waals surface area contributed by atoms with E-state index in [-0.39, 0.29) is 0 Å². The van der Waals surface area contributed by atoms with Crippen LogP contribution in [0.4, 0.5) is 0 Å². The molecule has 0 heterocycles. The monoisotopic (exact) mass is 172 g/mol. The van der Waals surface area contributed by atoms with Crippen molar-refractivity contribution < 1.29 is 0 Å². The molecule has 70 valence electrons. The van der Waals surface area contributed by atoms with Crippen molar-refractivity contribution in [2.24, 2.45) is 17.3 Å². The Morgan fingerprint density at radius 3 is 2.00 bits per heavy atom. The van der Waals surface area contributed by atoms with E-state index in [2.05, 4.69) is 33.1 Å². The Bertz CT molecular complexity index is 197. The summed E-state index contributed by atoms with van der Waals surface area (Å²) in [4.78, 5) is 0. The zero-order chi connectivity index (χ0) is 8.98. The van der Waals surface area contributed by atoms with Gasteiger partial charge in [0.15, 0.2) is 0 Å². The van der Waals surface area contributed by atoms with Gasteiger partial charge in [0.05, 0.1) is 0 Å². The standard InChI is InChI=1S/C11H21N/c1-10(2)8-5-6-9(7-8)11(10,3)12-4/h8-9,12H,5-7H2,1-4H3/i1+1,2+1,3+1,4+1,12+1. The van der Waals surface area contributed by atoms with E-state index in [0.29, 0.717) is 11.0 Å². The Kier molecular flexibility index (Phi) is 1.61. The molecule has 3 unspecified atom stereocenters. The Morgan fingerprint density at radius 2 is 1.67 bits per heavy atom. The van der Waals surface area contributed by atoms with Gasteiger partial charge in [-0.05, 0) is 50.5 Å². The highest BCUT2D eigenvalue weighted by atomic mass is 15.7. The molecule has 2 saturated carbocycles. The summed E-state index contributed by atoms with van der Waals surface area (Å²) in [6, 6.07) is 0. The van der Waals surface area contributed by atoms with E-state index in [1.54, 1.807) is 0 Å². The van der Waals surface area contributed by atoms with Crippen molar-refractivity contribution in [3.63, 3.8) is 0 Å². The third kappa shape index (κ3) is 0.736. The molecule has 2 aliphatic rings. The molecule has 2 bridgehead atoms. The van der Waals surface area contributed by atoms with Gasteiger partial charge < -0.3 is 5.32 Å². The van der Waals surface area contributed by atoms with Crippen LogP contribution in [0.1, 0.15) is 40.0 Å². The van der Waals surface area contributed by atoms with Crippen molar-refractivity contribution in [3.05, 3.63) is 0 Å². The molecule has 2 rings (SSSR count). The lowest BCUT2D eigenvalue weighted by Crippen LogP contribution is -2.55. The quantitative estimate of drug-likeness (QED) is 0.473. The Balaban J connectivity index is 2.34. The lowest BCUT2D eigenvalue weighted by atomic mass is 9.76. The number of rotatable bonds is 1. The van der Waals surface area contributed by atoms with Crippen molar-refractivity contribution in [2.45, 2.75) is 45.6 Å². The zero-order valence-corrected chi connectivity index (χ0v) is 8.78. The highest BCUT2D eigenvalue weighted by Gasteiger charge is 2.59. The van der Waals surface area contributed by atoms with E-state index in [4.69, 9.17) is 0 Å². The molecule has 0 amide bonds. The third-order valence-corrected chi connectivity index (χ3v) is 5.13. The molecule has 1 heteroatoms. The van der Waals surface area contributed by atoms with E-state index >= 15 is 0 Å². The molecule has 0 spiro atoms. The predicted molar refractivity (Wildman–Crippen MR) is 52.1 cm³/mol. The van der Waals surface area contributed by atoms with Crippen LogP contribution in [0, 0.1) is 17.3 Å². The average molecular weight is 172 g/mol. The summed E-state index contributed by atoms with van der Waals surface area (Å²) in [6.07, 6.45) is 4.38. The van der Waals surface area contributed by atoms with Crippen molar-refractivity contribution in [3.8, 4) is 0 Å². The van der Waals surface area contributed by atoms with Gasteiger partial charge in [-0.3, -0.25) is 0 Å². The second kappa shape index (κ2) is 2.25. The van der Waals surface area contributed by atoms with E-state index in [1.165, 1.54) is 19.3 Å². The molecule has 12 heavy (non-hydrogen) atoms. The van der Waals surface area contributed by atoms with Gasteiger partial charge in [-0.15, -0.1) is 0 Å². The summed E-state index contributed by atoms with van der Waals surface area (Å²) in [5.74, 6) is 1.91. The van der Waals surface area contributed by atoms with Crippen LogP contribution in [0.15, 0.2) is 0 Å². The highest BCUT2D eigenvalue weighted by Crippen LogP contribution is 2.60. The molecule has 3 atom stereocenters. The summed E-state index contributed by atoms with van der Waals surface area (Å²) < 4.78 is 0. The molecule has 0 aromatic carbocycles. The maximum Gasteiger partial charge on any atom is 0.0232 e. The molecule has 0 aromatic heterocycles. The summed E-state index contributed by atoms with van der Waals surface area (Å²) in [6.45, 7) is 7.29. The largest absolute Gasteiger partial charge is 0.314 e. The number of nitrogens with one attached hydrogen (secondary N) is 1. The summed E-state index contributed by atoms with van der Waals surface area (Å²) >= 11 is 0. The van der Waals surface area contributed by atoms with Gasteiger partial charge in [0, 0.05) is 5.54 Å². The maximum absolute atomic E-state index is 3.56. The van der Waals surface area contributed by atoms with Crippen LogP contribution in [-0.2, 0) is 0 Å². The highest BCUT2D eigenvalue weighted by molar-refractivity contribution is 5.13. The first-order valence-corrected chi connectivity index (χ1v) is 5.21. The number of hydrogen-bond donors (Lipinski definition) is 1. The van der Waals surface area contributed by atoms with Gasteiger partial charge in [-0.25, -0.2) is 0 Å². The fourth-order valence-corrected chi connectivity index (χ4v) is 3.64. The number of fused-ring (bicyclic) bond motifs is 2. The Labute approximate surface area is 75.9 Å². The smallest absolute Gasteiger partial charge is 0.0232 e. The van der Waals surface area contributed by atoms with Gasteiger partial charge in [0.25, 0.3) is 0 Å². The first-order chi connectivity index (χ1) is 5.52. The third-order valence-electron chi connectivity index (χ3n) is 5.13. The molecule has 1 N–H and O–H groups in total. The Morgan fingerprint density at radius 1 is 1.08 bits per heavy atom. The lowest BCUT2D eigenvalue weighted by molar-refractivity contribution is 0.0732. The van der Waals surface area contributed by atoms with E-state index in [0.717, 1.165) is 11.8 Å². The van der Waals surface area contributed by atoms with Gasteiger partial charge >= 0.3 is 0 Å². The van der Waals surface area contributed by atoms with Gasteiger partial charge in [0.1, 0.15) is 0 Å². The molecule has 0 radical (unpaired) electrons. The summed E-state index contributed by atoms with van der Waals surface area (Å²) in [7, 11) is 2.13. The zero-order valence-electron chi connectivity index (χ0n) is 8.78. The van der Waals surface area contributed by atoms with E-state index in [9.17, 15) is 0 Å². The summed E-state index contributed by atoms with van der Waals surface area (Å²) in [5.41, 5.74) is 0.903. The van der Waals surface area contributed by atoms with Crippen molar-refractivity contribution in [1.29, 1.82) is 0 Å². The van der Waals surface area contributed by atoms with Crippen LogP contribution < -0.4 is 5.32 Å². The molecule has 1 nitrogen and oxygen atoms in total. The van der Waals surface area contributed by atoms with Crippen molar-refractivity contribution in [2.75, 3.05) is 7.05 Å². The average Bonchev–Trinajstić information content (AvgIpc) is 2.55. The van der Waals surface area contributed by atoms with Crippen molar-refractivity contribution in [1.82, 2.24) is 5.32 Å². The predicted octanol–water partition coefficient (Wildman–Crippen LogP) is 2.42. The molecule has 0 saturated heterocycles. The normalized spacial score (nSPS) is 50.0. The SMILES string of the molecule is [13CH3][15NH]C1([13CH3])C2CCC(C2)C1([13CH3])[13CH3]. The number of hydrogen-bond acceptors (Lipinski definition) is 1. The van der Waals surface area contributed by atoms with E-state index in [1.807, 2.05) is 0 Å². The van der Waals surface area contributed by atoms with Gasteiger partial charge in [-0.1, -0.05) is 13.8 Å². The fraction of sp³-hybridized carbons (Fsp3) is 1.00. The van der Waals surface area contributed by atoms with Crippen LogP contribution in [0.3, 0.4) is 0 Å². The second-order valence-electron chi connectivity index (χ2n) is 5.38. The molecule has 2 aliphatic carbocycles. The minimum absolute atomic E-state index is 0.399. The summed E-state index contributed by atoms with van der Waals surface area (Å²) in [5, 5.41) is 3.56. The van der Waals surface area contributed by atoms with Crippen molar-refractivity contribution >= 4 is 0 Å².